The van der Waals surface area contributed by atoms with Gasteiger partial charge in [0.15, 0.2) is 0 Å². The Morgan fingerprint density at radius 2 is 1.82 bits per heavy atom. The van der Waals surface area contributed by atoms with Crippen molar-refractivity contribution in [2.75, 3.05) is 6.61 Å². The van der Waals surface area contributed by atoms with Crippen LogP contribution in [0.1, 0.15) is 24.0 Å². The molecule has 0 spiro atoms. The lowest BCUT2D eigenvalue weighted by molar-refractivity contribution is 0.336. The first kappa shape index (κ1) is 13.2. The van der Waals surface area contributed by atoms with Gasteiger partial charge in [0, 0.05) is 5.56 Å². The average Bonchev–Trinajstić information content (AvgIpc) is 2.99. The van der Waals surface area contributed by atoms with Crippen molar-refractivity contribution in [3.8, 4) is 11.5 Å². The van der Waals surface area contributed by atoms with Crippen molar-refractivity contribution in [1.82, 2.24) is 0 Å². The highest BCUT2D eigenvalue weighted by Gasteiger charge is 2.31. The number of hydrogen-bond acceptors (Lipinski definition) is 2. The first-order valence-corrected chi connectivity index (χ1v) is 7.54. The number of hydrogen-bond donors (Lipinski definition) is 0. The summed E-state index contributed by atoms with van der Waals surface area (Å²) in [6, 6.07) is 20.7. The molecule has 2 radical (unpaired) electrons. The van der Waals surface area contributed by atoms with Gasteiger partial charge >= 0.3 is 0 Å². The fourth-order valence-electron chi connectivity index (χ4n) is 3.08. The van der Waals surface area contributed by atoms with Crippen LogP contribution in [0.2, 0.25) is 0 Å². The SMILES string of the molecule is CCOc1cccc2c1C(c1cccc3ccccc13)[C]O2. The summed E-state index contributed by atoms with van der Waals surface area (Å²) < 4.78 is 11.5. The molecule has 2 nitrogen and oxygen atoms in total. The Labute approximate surface area is 130 Å². The maximum atomic E-state index is 5.79. The van der Waals surface area contributed by atoms with E-state index in [0.717, 1.165) is 17.1 Å². The van der Waals surface area contributed by atoms with Crippen LogP contribution in [0.4, 0.5) is 0 Å². The maximum Gasteiger partial charge on any atom is 0.209 e. The van der Waals surface area contributed by atoms with E-state index < -0.39 is 0 Å². The molecule has 1 heterocycles. The van der Waals surface area contributed by atoms with Gasteiger partial charge in [0.1, 0.15) is 11.5 Å². The zero-order valence-electron chi connectivity index (χ0n) is 12.4. The van der Waals surface area contributed by atoms with Gasteiger partial charge in [0.05, 0.1) is 12.5 Å². The van der Waals surface area contributed by atoms with Crippen molar-refractivity contribution in [3.63, 3.8) is 0 Å². The molecule has 0 amide bonds. The summed E-state index contributed by atoms with van der Waals surface area (Å²) in [5.74, 6) is 1.69. The van der Waals surface area contributed by atoms with E-state index in [1.165, 1.54) is 16.3 Å². The van der Waals surface area contributed by atoms with Gasteiger partial charge in [-0.3, -0.25) is 0 Å². The lowest BCUT2D eigenvalue weighted by Crippen LogP contribution is -2.02. The van der Waals surface area contributed by atoms with Crippen LogP contribution in [0, 0.1) is 6.61 Å². The van der Waals surface area contributed by atoms with E-state index in [9.17, 15) is 0 Å². The molecular formula is C20H16O2. The van der Waals surface area contributed by atoms with Crippen molar-refractivity contribution in [3.05, 3.63) is 78.4 Å². The Kier molecular flexibility index (Phi) is 3.23. The molecule has 3 aromatic rings. The molecule has 0 aromatic heterocycles. The van der Waals surface area contributed by atoms with Crippen LogP contribution in [0.5, 0.6) is 11.5 Å². The fraction of sp³-hybridized carbons (Fsp3) is 0.150. The Morgan fingerprint density at radius 1 is 1.00 bits per heavy atom. The third-order valence-corrected chi connectivity index (χ3v) is 4.04. The monoisotopic (exact) mass is 288 g/mol. The molecular weight excluding hydrogens is 272 g/mol. The molecule has 3 aromatic carbocycles. The topological polar surface area (TPSA) is 18.5 Å². The van der Waals surface area contributed by atoms with Gasteiger partial charge in [0.2, 0.25) is 6.61 Å². The van der Waals surface area contributed by atoms with E-state index in [-0.39, 0.29) is 5.92 Å². The Hall–Kier alpha value is -2.48. The Balaban J connectivity index is 1.89. The van der Waals surface area contributed by atoms with Gasteiger partial charge in [0.25, 0.3) is 0 Å². The molecule has 0 fully saturated rings. The van der Waals surface area contributed by atoms with Crippen LogP contribution < -0.4 is 9.47 Å². The van der Waals surface area contributed by atoms with Crippen molar-refractivity contribution < 1.29 is 9.47 Å². The number of rotatable bonds is 3. The van der Waals surface area contributed by atoms with Crippen molar-refractivity contribution in [2.24, 2.45) is 0 Å². The molecule has 0 saturated carbocycles. The molecule has 0 N–H and O–H groups in total. The number of ether oxygens (including phenoxy) is 2. The van der Waals surface area contributed by atoms with Crippen LogP contribution in [0.25, 0.3) is 10.8 Å². The minimum atomic E-state index is -0.0242. The molecule has 0 aliphatic carbocycles. The van der Waals surface area contributed by atoms with E-state index in [4.69, 9.17) is 9.47 Å². The summed E-state index contributed by atoms with van der Waals surface area (Å²) in [5.41, 5.74) is 2.27. The van der Waals surface area contributed by atoms with E-state index in [1.54, 1.807) is 0 Å². The molecule has 108 valence electrons. The van der Waals surface area contributed by atoms with Crippen molar-refractivity contribution in [2.45, 2.75) is 12.8 Å². The Bertz CT molecular complexity index is 818. The number of fused-ring (bicyclic) bond motifs is 2. The van der Waals surface area contributed by atoms with E-state index in [2.05, 4.69) is 49.1 Å². The predicted molar refractivity (Wildman–Crippen MR) is 87.3 cm³/mol. The first-order valence-electron chi connectivity index (χ1n) is 7.54. The molecule has 4 rings (SSSR count). The van der Waals surface area contributed by atoms with Gasteiger partial charge < -0.3 is 9.47 Å². The zero-order valence-corrected chi connectivity index (χ0v) is 12.4. The predicted octanol–water partition coefficient (Wildman–Crippen LogP) is 4.80. The molecule has 2 heteroatoms. The zero-order chi connectivity index (χ0) is 14.9. The lowest BCUT2D eigenvalue weighted by atomic mass is 9.89. The third-order valence-electron chi connectivity index (χ3n) is 4.04. The quantitative estimate of drug-likeness (QED) is 0.689. The van der Waals surface area contributed by atoms with Crippen LogP contribution in [-0.4, -0.2) is 6.61 Å². The number of benzene rings is 3. The van der Waals surface area contributed by atoms with Crippen molar-refractivity contribution >= 4 is 10.8 Å². The summed E-state index contributed by atoms with van der Waals surface area (Å²) in [7, 11) is 0. The molecule has 1 aliphatic rings. The highest BCUT2D eigenvalue weighted by atomic mass is 16.5. The second-order valence-corrected chi connectivity index (χ2v) is 5.32. The normalized spacial score (nSPS) is 16.3. The van der Waals surface area contributed by atoms with Crippen LogP contribution in [0.15, 0.2) is 60.7 Å². The van der Waals surface area contributed by atoms with Crippen LogP contribution in [-0.2, 0) is 0 Å². The molecule has 1 unspecified atom stereocenters. The van der Waals surface area contributed by atoms with E-state index in [1.807, 2.05) is 25.1 Å². The Morgan fingerprint density at radius 3 is 2.73 bits per heavy atom. The summed E-state index contributed by atoms with van der Waals surface area (Å²) >= 11 is 0. The van der Waals surface area contributed by atoms with Gasteiger partial charge in [-0.2, -0.15) is 0 Å². The van der Waals surface area contributed by atoms with Gasteiger partial charge in [-0.15, -0.1) is 0 Å². The highest BCUT2D eigenvalue weighted by Crippen LogP contribution is 2.47. The average molecular weight is 288 g/mol. The minimum absolute atomic E-state index is 0.0242. The summed E-state index contributed by atoms with van der Waals surface area (Å²) in [6.45, 7) is 5.78. The van der Waals surface area contributed by atoms with Gasteiger partial charge in [-0.1, -0.05) is 48.5 Å². The highest BCUT2D eigenvalue weighted by molar-refractivity contribution is 5.87. The molecule has 0 saturated heterocycles. The van der Waals surface area contributed by atoms with Crippen LogP contribution in [0.3, 0.4) is 0 Å². The maximum absolute atomic E-state index is 5.79. The summed E-state index contributed by atoms with van der Waals surface area (Å²) in [6.07, 6.45) is 0. The molecule has 0 bridgehead atoms. The first-order chi connectivity index (χ1) is 10.9. The van der Waals surface area contributed by atoms with Gasteiger partial charge in [-0.25, -0.2) is 0 Å². The summed E-state index contributed by atoms with van der Waals surface area (Å²) in [5, 5.41) is 2.45. The third kappa shape index (κ3) is 2.03. The molecule has 22 heavy (non-hydrogen) atoms. The van der Waals surface area contributed by atoms with Crippen molar-refractivity contribution in [1.29, 1.82) is 0 Å². The largest absolute Gasteiger partial charge is 0.493 e. The minimum Gasteiger partial charge on any atom is -0.493 e. The second-order valence-electron chi connectivity index (χ2n) is 5.32. The van der Waals surface area contributed by atoms with Gasteiger partial charge in [-0.05, 0) is 35.4 Å². The second kappa shape index (κ2) is 5.38. The van der Waals surface area contributed by atoms with Crippen LogP contribution >= 0.6 is 0 Å². The standard InChI is InChI=1S/C20H16O2/c1-2-21-18-11-6-12-19-20(18)17(13-22-19)16-10-5-8-14-7-3-4-9-15(14)16/h3-12,17H,2H2,1H3. The summed E-state index contributed by atoms with van der Waals surface area (Å²) in [4.78, 5) is 0. The molecule has 1 atom stereocenters. The van der Waals surface area contributed by atoms with E-state index >= 15 is 0 Å². The lowest BCUT2D eigenvalue weighted by Gasteiger charge is -2.15. The fourth-order valence-corrected chi connectivity index (χ4v) is 3.08. The smallest absolute Gasteiger partial charge is 0.209 e. The van der Waals surface area contributed by atoms with E-state index in [0.29, 0.717) is 6.61 Å². The molecule has 1 aliphatic heterocycles.